The summed E-state index contributed by atoms with van der Waals surface area (Å²) in [6, 6.07) is 13.8. The van der Waals surface area contributed by atoms with E-state index < -0.39 is 0 Å². The maximum absolute atomic E-state index is 12.2. The van der Waals surface area contributed by atoms with Crippen molar-refractivity contribution in [1.29, 1.82) is 0 Å². The Morgan fingerprint density at radius 2 is 1.88 bits per heavy atom. The van der Waals surface area contributed by atoms with Gasteiger partial charge in [0.15, 0.2) is 0 Å². The number of carbonyl (C=O) groups is 1. The molecule has 0 atom stereocenters. The van der Waals surface area contributed by atoms with Crippen LogP contribution >= 0.6 is 0 Å². The van der Waals surface area contributed by atoms with Crippen LogP contribution in [-0.2, 0) is 6.54 Å². The molecule has 0 radical (unpaired) electrons. The zero-order chi connectivity index (χ0) is 18.4. The second-order valence-corrected chi connectivity index (χ2v) is 6.82. The third-order valence-electron chi connectivity index (χ3n) is 5.17. The topological polar surface area (TPSA) is 54.3 Å². The molecule has 5 nitrogen and oxygen atoms in total. The number of hydrogen-bond donors (Lipinski definition) is 1. The van der Waals surface area contributed by atoms with Crippen LogP contribution in [0.2, 0.25) is 0 Å². The Labute approximate surface area is 154 Å². The monoisotopic (exact) mass is 353 g/mol. The van der Waals surface area contributed by atoms with Gasteiger partial charge in [-0.1, -0.05) is 30.3 Å². The smallest absolute Gasteiger partial charge is 0.251 e. The molecule has 1 aliphatic rings. The molecule has 1 fully saturated rings. The fourth-order valence-corrected chi connectivity index (χ4v) is 3.55. The number of nitrogens with zero attached hydrogens (tertiary/aromatic N) is 2. The molecule has 0 spiro atoms. The highest BCUT2D eigenvalue weighted by atomic mass is 16.2. The summed E-state index contributed by atoms with van der Waals surface area (Å²) >= 11 is 0. The lowest BCUT2D eigenvalue weighted by molar-refractivity contribution is 0.0945. The molecule has 5 heteroatoms. The number of nitrogens with one attached hydrogen (secondary N) is 1. The molecule has 1 aromatic carbocycles. The number of carbonyl (C=O) groups excluding carboxylic acids is 1. The minimum atomic E-state index is -0.176. The molecule has 1 amide bonds. The van der Waals surface area contributed by atoms with Crippen molar-refractivity contribution in [2.45, 2.75) is 32.2 Å². The molecule has 2 heterocycles. The van der Waals surface area contributed by atoms with Crippen LogP contribution in [0.3, 0.4) is 0 Å². The maximum Gasteiger partial charge on any atom is 0.251 e. The average molecular weight is 353 g/mol. The SMILES string of the molecule is CCn1ccc(C(=O)NCCN2CCC(c3ccccc3)CC2)cc1=O. The quantitative estimate of drug-likeness (QED) is 0.868. The predicted octanol–water partition coefficient (Wildman–Crippen LogP) is 2.48. The number of aromatic nitrogens is 1. The number of pyridine rings is 1. The summed E-state index contributed by atoms with van der Waals surface area (Å²) in [5.41, 5.74) is 1.73. The third-order valence-corrected chi connectivity index (χ3v) is 5.17. The highest BCUT2D eigenvalue weighted by molar-refractivity contribution is 5.93. The summed E-state index contributed by atoms with van der Waals surface area (Å²) < 4.78 is 1.58. The van der Waals surface area contributed by atoms with Gasteiger partial charge in [-0.3, -0.25) is 9.59 Å². The minimum absolute atomic E-state index is 0.136. The van der Waals surface area contributed by atoms with E-state index in [1.807, 2.05) is 6.92 Å². The maximum atomic E-state index is 12.2. The van der Waals surface area contributed by atoms with Crippen molar-refractivity contribution in [1.82, 2.24) is 14.8 Å². The lowest BCUT2D eigenvalue weighted by Gasteiger charge is -2.32. The van der Waals surface area contributed by atoms with E-state index in [4.69, 9.17) is 0 Å². The Morgan fingerprint density at radius 1 is 1.15 bits per heavy atom. The van der Waals surface area contributed by atoms with Gasteiger partial charge in [-0.2, -0.15) is 0 Å². The highest BCUT2D eigenvalue weighted by Crippen LogP contribution is 2.27. The number of likely N-dealkylation sites (tertiary alicyclic amines) is 1. The molecular formula is C21H27N3O2. The van der Waals surface area contributed by atoms with Gasteiger partial charge in [-0.15, -0.1) is 0 Å². The summed E-state index contributed by atoms with van der Waals surface area (Å²) in [5, 5.41) is 2.93. The molecule has 0 aliphatic carbocycles. The first-order valence-corrected chi connectivity index (χ1v) is 9.43. The van der Waals surface area contributed by atoms with Crippen molar-refractivity contribution in [3.63, 3.8) is 0 Å². The summed E-state index contributed by atoms with van der Waals surface area (Å²) in [4.78, 5) is 26.4. The number of rotatable bonds is 6. The van der Waals surface area contributed by atoms with Gasteiger partial charge in [0.2, 0.25) is 0 Å². The standard InChI is InChI=1S/C21H27N3O2/c1-2-24-14-10-19(16-20(24)25)21(26)22-11-15-23-12-8-18(9-13-23)17-6-4-3-5-7-17/h3-7,10,14,16,18H,2,8-9,11-13,15H2,1H3,(H,22,26). The average Bonchev–Trinajstić information content (AvgIpc) is 2.69. The van der Waals surface area contributed by atoms with Gasteiger partial charge in [-0.05, 0) is 50.4 Å². The normalized spacial score (nSPS) is 15.7. The van der Waals surface area contributed by atoms with Crippen LogP contribution in [0.15, 0.2) is 53.5 Å². The number of benzene rings is 1. The number of amides is 1. The van der Waals surface area contributed by atoms with E-state index in [9.17, 15) is 9.59 Å². The molecule has 3 rings (SSSR count). The van der Waals surface area contributed by atoms with Crippen molar-refractivity contribution in [2.75, 3.05) is 26.2 Å². The number of aryl methyl sites for hydroxylation is 1. The number of piperidine rings is 1. The summed E-state index contributed by atoms with van der Waals surface area (Å²) in [6.45, 7) is 6.08. The molecule has 0 saturated carbocycles. The van der Waals surface area contributed by atoms with Gasteiger partial charge >= 0.3 is 0 Å². The molecule has 2 aromatic rings. The first-order valence-electron chi connectivity index (χ1n) is 9.43. The second kappa shape index (κ2) is 8.81. The Bertz CT molecular complexity index is 777. The largest absolute Gasteiger partial charge is 0.351 e. The third kappa shape index (κ3) is 4.61. The van der Waals surface area contributed by atoms with Gasteiger partial charge in [0.05, 0.1) is 0 Å². The fourth-order valence-electron chi connectivity index (χ4n) is 3.55. The van der Waals surface area contributed by atoms with Crippen LogP contribution in [0.4, 0.5) is 0 Å². The first-order chi connectivity index (χ1) is 12.7. The van der Waals surface area contributed by atoms with Crippen molar-refractivity contribution < 1.29 is 4.79 Å². The summed E-state index contributed by atoms with van der Waals surface area (Å²) in [5.74, 6) is 0.469. The van der Waals surface area contributed by atoms with Gasteiger partial charge in [0.1, 0.15) is 0 Å². The van der Waals surface area contributed by atoms with Gasteiger partial charge in [0.25, 0.3) is 11.5 Å². The van der Waals surface area contributed by atoms with E-state index in [1.165, 1.54) is 11.6 Å². The van der Waals surface area contributed by atoms with Crippen molar-refractivity contribution in [2.24, 2.45) is 0 Å². The Kier molecular flexibility index (Phi) is 6.23. The van der Waals surface area contributed by atoms with Crippen molar-refractivity contribution in [3.05, 3.63) is 70.1 Å². The van der Waals surface area contributed by atoms with Crippen LogP contribution in [0, 0.1) is 0 Å². The van der Waals surface area contributed by atoms with Crippen LogP contribution < -0.4 is 10.9 Å². The van der Waals surface area contributed by atoms with E-state index in [0.717, 1.165) is 32.5 Å². The summed E-state index contributed by atoms with van der Waals surface area (Å²) in [7, 11) is 0. The molecular weight excluding hydrogens is 326 g/mol. The highest BCUT2D eigenvalue weighted by Gasteiger charge is 2.20. The molecule has 1 aromatic heterocycles. The van der Waals surface area contributed by atoms with Crippen molar-refractivity contribution in [3.8, 4) is 0 Å². The molecule has 138 valence electrons. The minimum Gasteiger partial charge on any atom is -0.351 e. The molecule has 1 N–H and O–H groups in total. The fraction of sp³-hybridized carbons (Fsp3) is 0.429. The summed E-state index contributed by atoms with van der Waals surface area (Å²) in [6.07, 6.45) is 3.99. The molecule has 0 bridgehead atoms. The molecule has 0 unspecified atom stereocenters. The molecule has 1 aliphatic heterocycles. The van der Waals surface area contributed by atoms with Gasteiger partial charge < -0.3 is 14.8 Å². The van der Waals surface area contributed by atoms with E-state index in [2.05, 4.69) is 40.5 Å². The van der Waals surface area contributed by atoms with E-state index in [1.54, 1.807) is 16.8 Å². The van der Waals surface area contributed by atoms with Crippen LogP contribution in [-0.4, -0.2) is 41.6 Å². The lowest BCUT2D eigenvalue weighted by atomic mass is 9.89. The van der Waals surface area contributed by atoms with E-state index in [0.29, 0.717) is 24.6 Å². The Morgan fingerprint density at radius 3 is 2.54 bits per heavy atom. The molecule has 1 saturated heterocycles. The van der Waals surface area contributed by atoms with E-state index in [-0.39, 0.29) is 11.5 Å². The van der Waals surface area contributed by atoms with Crippen LogP contribution in [0.5, 0.6) is 0 Å². The predicted molar refractivity (Wildman–Crippen MR) is 104 cm³/mol. The zero-order valence-corrected chi connectivity index (χ0v) is 15.4. The first kappa shape index (κ1) is 18.4. The van der Waals surface area contributed by atoms with Crippen molar-refractivity contribution >= 4 is 5.91 Å². The number of hydrogen-bond acceptors (Lipinski definition) is 3. The van der Waals surface area contributed by atoms with Gasteiger partial charge in [-0.25, -0.2) is 0 Å². The van der Waals surface area contributed by atoms with Crippen LogP contribution in [0.1, 0.15) is 41.6 Å². The Hall–Kier alpha value is -2.40. The zero-order valence-electron chi connectivity index (χ0n) is 15.4. The lowest BCUT2D eigenvalue weighted by Crippen LogP contribution is -2.39. The van der Waals surface area contributed by atoms with Gasteiger partial charge in [0, 0.05) is 37.5 Å². The Balaban J connectivity index is 1.42. The van der Waals surface area contributed by atoms with E-state index >= 15 is 0 Å². The van der Waals surface area contributed by atoms with Crippen LogP contribution in [0.25, 0.3) is 0 Å². The second-order valence-electron chi connectivity index (χ2n) is 6.82. The molecule has 26 heavy (non-hydrogen) atoms.